The highest BCUT2D eigenvalue weighted by molar-refractivity contribution is 5.35. The van der Waals surface area contributed by atoms with Crippen molar-refractivity contribution >= 4 is 0 Å². The molecule has 1 nitrogen and oxygen atoms in total. The summed E-state index contributed by atoms with van der Waals surface area (Å²) >= 11 is 0. The van der Waals surface area contributed by atoms with Gasteiger partial charge in [0.25, 0.3) is 0 Å². The van der Waals surface area contributed by atoms with Crippen molar-refractivity contribution < 1.29 is 0 Å². The molecule has 0 fully saturated rings. The fourth-order valence-electron chi connectivity index (χ4n) is 3.03. The molecule has 0 saturated heterocycles. The lowest BCUT2D eigenvalue weighted by Gasteiger charge is -2.26. The van der Waals surface area contributed by atoms with Crippen molar-refractivity contribution in [3.63, 3.8) is 0 Å². The Balaban J connectivity index is 1.84. The maximum atomic E-state index is 3.54. The summed E-state index contributed by atoms with van der Waals surface area (Å²) in [6, 6.07) is 17.9. The van der Waals surface area contributed by atoms with Crippen LogP contribution in [0.1, 0.15) is 35.1 Å². The van der Waals surface area contributed by atoms with Crippen LogP contribution in [0.15, 0.2) is 48.5 Å². The van der Waals surface area contributed by atoms with Gasteiger partial charge in [0.1, 0.15) is 0 Å². The summed E-state index contributed by atoms with van der Waals surface area (Å²) in [6.07, 6.45) is 2.26. The van der Waals surface area contributed by atoms with Gasteiger partial charge in [-0.2, -0.15) is 0 Å². The third-order valence-corrected chi connectivity index (χ3v) is 4.08. The molecule has 0 radical (unpaired) electrons. The van der Waals surface area contributed by atoms with Gasteiger partial charge in [0.05, 0.1) is 0 Å². The van der Waals surface area contributed by atoms with Gasteiger partial charge in [0.2, 0.25) is 0 Å². The Hall–Kier alpha value is -1.60. The molecule has 2 aromatic carbocycles. The molecule has 0 bridgehead atoms. The van der Waals surface area contributed by atoms with Crippen molar-refractivity contribution in [2.45, 2.75) is 32.2 Å². The smallest absolute Gasteiger partial charge is 0.0208 e. The fraction of sp³-hybridized carbons (Fsp3) is 0.333. The molecule has 1 unspecified atom stereocenters. The average molecular weight is 251 g/mol. The van der Waals surface area contributed by atoms with Crippen LogP contribution in [-0.2, 0) is 19.4 Å². The summed E-state index contributed by atoms with van der Waals surface area (Å²) in [7, 11) is 0. The molecule has 1 aliphatic heterocycles. The van der Waals surface area contributed by atoms with E-state index in [0.29, 0.717) is 5.92 Å². The van der Waals surface area contributed by atoms with E-state index in [1.807, 2.05) is 0 Å². The number of fused-ring (bicyclic) bond motifs is 1. The summed E-state index contributed by atoms with van der Waals surface area (Å²) in [5, 5.41) is 3.54. The Labute approximate surface area is 115 Å². The summed E-state index contributed by atoms with van der Waals surface area (Å²) in [4.78, 5) is 0. The van der Waals surface area contributed by atoms with Gasteiger partial charge in [-0.1, -0.05) is 55.5 Å². The van der Waals surface area contributed by atoms with E-state index in [1.165, 1.54) is 22.3 Å². The normalized spacial score (nSPS) is 18.1. The third kappa shape index (κ3) is 2.71. The highest BCUT2D eigenvalue weighted by Gasteiger charge is 2.19. The summed E-state index contributed by atoms with van der Waals surface area (Å²) in [5.74, 6) is 0.608. The zero-order valence-corrected chi connectivity index (χ0v) is 11.5. The standard InChI is InChI=1S/C18H21N/c1-2-14-6-5-7-15(10-14)11-17-13-19-12-16-8-3-4-9-18(16)17/h3-10,17,19H,2,11-13H2,1H3. The van der Waals surface area contributed by atoms with Crippen LogP contribution in [0, 0.1) is 0 Å². The minimum atomic E-state index is 0.608. The molecular weight excluding hydrogens is 230 g/mol. The number of nitrogens with one attached hydrogen (secondary N) is 1. The van der Waals surface area contributed by atoms with Crippen molar-refractivity contribution in [1.29, 1.82) is 0 Å². The van der Waals surface area contributed by atoms with E-state index in [0.717, 1.165) is 25.9 Å². The highest BCUT2D eigenvalue weighted by Crippen LogP contribution is 2.27. The first-order chi connectivity index (χ1) is 9.36. The second-order valence-electron chi connectivity index (χ2n) is 5.40. The van der Waals surface area contributed by atoms with Crippen molar-refractivity contribution in [2.75, 3.05) is 6.54 Å². The first-order valence-corrected chi connectivity index (χ1v) is 7.23. The van der Waals surface area contributed by atoms with Crippen molar-refractivity contribution in [3.05, 3.63) is 70.8 Å². The zero-order chi connectivity index (χ0) is 13.1. The van der Waals surface area contributed by atoms with Crippen molar-refractivity contribution in [2.24, 2.45) is 0 Å². The average Bonchev–Trinajstić information content (AvgIpc) is 2.48. The molecule has 0 aliphatic carbocycles. The van der Waals surface area contributed by atoms with Gasteiger partial charge in [-0.25, -0.2) is 0 Å². The topological polar surface area (TPSA) is 12.0 Å². The lowest BCUT2D eigenvalue weighted by atomic mass is 9.86. The molecule has 0 spiro atoms. The third-order valence-electron chi connectivity index (χ3n) is 4.08. The SMILES string of the molecule is CCc1cccc(CC2CNCc3ccccc32)c1. The van der Waals surface area contributed by atoms with Crippen LogP contribution in [0.25, 0.3) is 0 Å². The van der Waals surface area contributed by atoms with Crippen molar-refractivity contribution in [1.82, 2.24) is 5.32 Å². The molecule has 1 heterocycles. The van der Waals surface area contributed by atoms with Crippen LogP contribution in [0.2, 0.25) is 0 Å². The van der Waals surface area contributed by atoms with Gasteiger partial charge in [-0.05, 0) is 35.1 Å². The van der Waals surface area contributed by atoms with E-state index in [9.17, 15) is 0 Å². The van der Waals surface area contributed by atoms with Gasteiger partial charge >= 0.3 is 0 Å². The number of hydrogen-bond donors (Lipinski definition) is 1. The van der Waals surface area contributed by atoms with E-state index in [-0.39, 0.29) is 0 Å². The Morgan fingerprint density at radius 3 is 2.79 bits per heavy atom. The summed E-state index contributed by atoms with van der Waals surface area (Å²) in [5.41, 5.74) is 5.89. The number of hydrogen-bond acceptors (Lipinski definition) is 1. The predicted octanol–water partition coefficient (Wildman–Crippen LogP) is 3.68. The van der Waals surface area contributed by atoms with Crippen LogP contribution in [0.5, 0.6) is 0 Å². The lowest BCUT2D eigenvalue weighted by Crippen LogP contribution is -2.29. The maximum Gasteiger partial charge on any atom is 0.0208 e. The number of benzene rings is 2. The van der Waals surface area contributed by atoms with Crippen molar-refractivity contribution in [3.8, 4) is 0 Å². The maximum absolute atomic E-state index is 3.54. The van der Waals surface area contributed by atoms with E-state index >= 15 is 0 Å². The van der Waals surface area contributed by atoms with Gasteiger partial charge in [0, 0.05) is 19.0 Å². The van der Waals surface area contributed by atoms with Gasteiger partial charge in [0.15, 0.2) is 0 Å². The highest BCUT2D eigenvalue weighted by atomic mass is 14.9. The van der Waals surface area contributed by atoms with Gasteiger partial charge < -0.3 is 5.32 Å². The van der Waals surface area contributed by atoms with Gasteiger partial charge in [-0.3, -0.25) is 0 Å². The Morgan fingerprint density at radius 1 is 1.05 bits per heavy atom. The van der Waals surface area contributed by atoms with E-state index in [4.69, 9.17) is 0 Å². The molecule has 3 rings (SSSR count). The molecule has 19 heavy (non-hydrogen) atoms. The molecule has 1 aliphatic rings. The Bertz CT molecular complexity index is 559. The Morgan fingerprint density at radius 2 is 1.89 bits per heavy atom. The molecule has 0 aromatic heterocycles. The predicted molar refractivity (Wildman–Crippen MR) is 80.4 cm³/mol. The van der Waals surface area contributed by atoms with Crippen LogP contribution in [0.3, 0.4) is 0 Å². The number of aryl methyl sites for hydroxylation is 1. The molecule has 98 valence electrons. The molecule has 2 aromatic rings. The first-order valence-electron chi connectivity index (χ1n) is 7.23. The summed E-state index contributed by atoms with van der Waals surface area (Å²) in [6.45, 7) is 4.33. The number of rotatable bonds is 3. The second kappa shape index (κ2) is 5.58. The second-order valence-corrected chi connectivity index (χ2v) is 5.40. The molecule has 0 amide bonds. The lowest BCUT2D eigenvalue weighted by molar-refractivity contribution is 0.539. The minimum Gasteiger partial charge on any atom is -0.312 e. The van der Waals surface area contributed by atoms with Crippen LogP contribution < -0.4 is 5.32 Å². The van der Waals surface area contributed by atoms with E-state index < -0.39 is 0 Å². The van der Waals surface area contributed by atoms with Crippen LogP contribution >= 0.6 is 0 Å². The van der Waals surface area contributed by atoms with Crippen LogP contribution in [0.4, 0.5) is 0 Å². The molecule has 0 saturated carbocycles. The quantitative estimate of drug-likeness (QED) is 0.877. The largest absolute Gasteiger partial charge is 0.312 e. The monoisotopic (exact) mass is 251 g/mol. The molecule has 1 heteroatoms. The fourth-order valence-corrected chi connectivity index (χ4v) is 3.03. The zero-order valence-electron chi connectivity index (χ0n) is 11.5. The van der Waals surface area contributed by atoms with Crippen LogP contribution in [-0.4, -0.2) is 6.54 Å². The van der Waals surface area contributed by atoms with E-state index in [1.54, 1.807) is 0 Å². The minimum absolute atomic E-state index is 0.608. The molecule has 1 N–H and O–H groups in total. The van der Waals surface area contributed by atoms with E-state index in [2.05, 4.69) is 60.8 Å². The first kappa shape index (κ1) is 12.4. The Kier molecular flexibility index (Phi) is 3.65. The van der Waals surface area contributed by atoms with Gasteiger partial charge in [-0.15, -0.1) is 0 Å². The summed E-state index contributed by atoms with van der Waals surface area (Å²) < 4.78 is 0. The molecular formula is C18H21N. The molecule has 1 atom stereocenters.